The first kappa shape index (κ1) is 31.6. The van der Waals surface area contributed by atoms with Crippen molar-refractivity contribution in [2.75, 3.05) is 24.6 Å². The maximum absolute atomic E-state index is 13.3. The van der Waals surface area contributed by atoms with Gasteiger partial charge in [0.1, 0.15) is 4.75 Å². The first-order valence-corrected chi connectivity index (χ1v) is 16.2. The molecule has 1 fully saturated rings. The molecule has 3 aromatic rings. The number of esters is 1. The average molecular weight is 641 g/mol. The quantitative estimate of drug-likeness (QED) is 0.233. The lowest BCUT2D eigenvalue weighted by atomic mass is 9.73. The fourth-order valence-corrected chi connectivity index (χ4v) is 7.35. The Bertz CT molecular complexity index is 1600. The van der Waals surface area contributed by atoms with E-state index in [1.54, 1.807) is 25.1 Å². The van der Waals surface area contributed by atoms with Gasteiger partial charge < -0.3 is 14.2 Å². The molecule has 2 heterocycles. The Hall–Kier alpha value is -2.87. The molecule has 5 rings (SSSR count). The number of hydrogen-bond donors (Lipinski definition) is 1. The van der Waals surface area contributed by atoms with Gasteiger partial charge in [-0.3, -0.25) is 0 Å². The summed E-state index contributed by atoms with van der Waals surface area (Å²) in [7, 11) is 0. The Balaban J connectivity index is 1.49. The van der Waals surface area contributed by atoms with Crippen molar-refractivity contribution in [3.05, 3.63) is 74.5 Å². The molecule has 0 saturated carbocycles. The van der Waals surface area contributed by atoms with Gasteiger partial charge in [-0.1, -0.05) is 41.4 Å². The van der Waals surface area contributed by atoms with E-state index in [2.05, 4.69) is 15.7 Å². The summed E-state index contributed by atoms with van der Waals surface area (Å²) >= 11 is 11.5. The van der Waals surface area contributed by atoms with E-state index in [9.17, 15) is 14.6 Å². The van der Waals surface area contributed by atoms with Crippen LogP contribution < -0.4 is 9.62 Å². The lowest BCUT2D eigenvalue weighted by Gasteiger charge is -2.44. The minimum atomic E-state index is -1.31. The molecular weight excluding hydrogens is 605 g/mol. The van der Waals surface area contributed by atoms with Gasteiger partial charge in [0.15, 0.2) is 11.5 Å². The number of hydrogen-bond acceptors (Lipinski definition) is 8. The number of fused-ring (bicyclic) bond motifs is 1. The molecule has 1 aliphatic heterocycles. The molecule has 0 radical (unpaired) electrons. The van der Waals surface area contributed by atoms with Crippen LogP contribution in [0.3, 0.4) is 0 Å². The van der Waals surface area contributed by atoms with Crippen molar-refractivity contribution in [2.45, 2.75) is 64.7 Å². The number of halogens is 2. The summed E-state index contributed by atoms with van der Waals surface area (Å²) in [5.74, 6) is -0.0835. The molecule has 0 unspecified atom stereocenters. The van der Waals surface area contributed by atoms with Crippen LogP contribution in [-0.2, 0) is 22.5 Å². The molecule has 11 heteroatoms. The standard InChI is InChI=1S/C32H35Cl2N5O3S/c1-6-42-30(40)27-29(36-19(2)26(37-27)22-8-7-9-24(33)25(22)34)39-14-12-32(13-15-39)17-21-11-10-20(18-35)16-23(21)28(32)38-43(41)31(3,4)5/h7-11,16,28,38H,6,12-15,17H2,1-5H3/t28-,43-/m1/s1. The van der Waals surface area contributed by atoms with Gasteiger partial charge in [0, 0.05) is 35.4 Å². The SMILES string of the molecule is CCOC(=O)c1nc(-c2cccc(Cl)c2Cl)c(C)nc1N1CCC2(CC1)Cc1ccc(C#N)cc1[C@H]2N[S@+]([O-])C(C)(C)C. The number of rotatable bonds is 6. The van der Waals surface area contributed by atoms with Crippen LogP contribution in [-0.4, -0.2) is 44.9 Å². The van der Waals surface area contributed by atoms with Crippen LogP contribution in [0.25, 0.3) is 11.3 Å². The zero-order valence-corrected chi connectivity index (χ0v) is 27.3. The highest BCUT2D eigenvalue weighted by Crippen LogP contribution is 2.53. The van der Waals surface area contributed by atoms with Gasteiger partial charge in [-0.15, -0.1) is 4.72 Å². The lowest BCUT2D eigenvalue weighted by Crippen LogP contribution is -2.50. The second-order valence-corrected chi connectivity index (χ2v) is 14.9. The Morgan fingerprint density at radius 2 is 1.95 bits per heavy atom. The summed E-state index contributed by atoms with van der Waals surface area (Å²) in [4.78, 5) is 24.9. The lowest BCUT2D eigenvalue weighted by molar-refractivity contribution is 0.0519. The van der Waals surface area contributed by atoms with Crippen LogP contribution in [0, 0.1) is 23.7 Å². The fraction of sp³-hybridized carbons (Fsp3) is 0.438. The maximum Gasteiger partial charge on any atom is 0.360 e. The third-order valence-corrected chi connectivity index (χ3v) is 10.7. The Morgan fingerprint density at radius 3 is 2.60 bits per heavy atom. The molecule has 43 heavy (non-hydrogen) atoms. The van der Waals surface area contributed by atoms with Gasteiger partial charge >= 0.3 is 5.97 Å². The van der Waals surface area contributed by atoms with E-state index in [4.69, 9.17) is 37.9 Å². The molecule has 1 aromatic heterocycles. The summed E-state index contributed by atoms with van der Waals surface area (Å²) in [5.41, 5.74) is 4.39. The molecular formula is C32H35Cl2N5O3S. The van der Waals surface area contributed by atoms with Gasteiger partial charge in [0.05, 0.1) is 45.7 Å². The topological polar surface area (TPSA) is 114 Å². The van der Waals surface area contributed by atoms with Gasteiger partial charge in [-0.05, 0) is 83.2 Å². The third-order valence-electron chi connectivity index (χ3n) is 8.31. The van der Waals surface area contributed by atoms with Gasteiger partial charge in [-0.2, -0.15) is 5.26 Å². The largest absolute Gasteiger partial charge is 0.598 e. The number of aromatic nitrogens is 2. The van der Waals surface area contributed by atoms with Crippen LogP contribution in [0.2, 0.25) is 10.0 Å². The maximum atomic E-state index is 13.3. The summed E-state index contributed by atoms with van der Waals surface area (Å²) < 4.78 is 21.7. The first-order chi connectivity index (χ1) is 20.4. The van der Waals surface area contributed by atoms with Crippen molar-refractivity contribution >= 4 is 46.4 Å². The van der Waals surface area contributed by atoms with Gasteiger partial charge in [0.25, 0.3) is 0 Å². The number of aryl methyl sites for hydroxylation is 1. The normalized spacial score (nSPS) is 18.3. The fourth-order valence-electron chi connectivity index (χ4n) is 6.01. The number of nitriles is 1. The number of nitrogens with one attached hydrogen (secondary N) is 1. The minimum absolute atomic E-state index is 0.131. The van der Waals surface area contributed by atoms with Crippen molar-refractivity contribution in [3.63, 3.8) is 0 Å². The Labute approximate surface area is 266 Å². The van der Waals surface area contributed by atoms with E-state index in [1.807, 2.05) is 45.9 Å². The minimum Gasteiger partial charge on any atom is -0.598 e. The van der Waals surface area contributed by atoms with Crippen LogP contribution in [0.1, 0.15) is 79.5 Å². The van der Waals surface area contributed by atoms with E-state index in [0.29, 0.717) is 51.5 Å². The first-order valence-electron chi connectivity index (χ1n) is 14.3. The van der Waals surface area contributed by atoms with E-state index in [-0.39, 0.29) is 23.8 Å². The molecule has 1 aliphatic carbocycles. The predicted molar refractivity (Wildman–Crippen MR) is 171 cm³/mol. The number of carbonyl (C=O) groups is 1. The molecule has 1 spiro atoms. The molecule has 0 bridgehead atoms. The number of anilines is 1. The summed E-state index contributed by atoms with van der Waals surface area (Å²) in [6.07, 6.45) is 2.32. The number of ether oxygens (including phenoxy) is 1. The molecule has 0 amide bonds. The van der Waals surface area contributed by atoms with Crippen molar-refractivity contribution in [1.82, 2.24) is 14.7 Å². The van der Waals surface area contributed by atoms with E-state index < -0.39 is 22.1 Å². The van der Waals surface area contributed by atoms with Crippen molar-refractivity contribution in [3.8, 4) is 17.3 Å². The van der Waals surface area contributed by atoms with Gasteiger partial charge in [-0.25, -0.2) is 14.8 Å². The monoisotopic (exact) mass is 639 g/mol. The van der Waals surface area contributed by atoms with Gasteiger partial charge in [0.2, 0.25) is 0 Å². The smallest absolute Gasteiger partial charge is 0.360 e. The van der Waals surface area contributed by atoms with E-state index in [0.717, 1.165) is 24.8 Å². The molecule has 226 valence electrons. The summed E-state index contributed by atoms with van der Waals surface area (Å²) in [6, 6.07) is 13.2. The van der Waals surface area contributed by atoms with Crippen molar-refractivity contribution < 1.29 is 14.1 Å². The highest BCUT2D eigenvalue weighted by atomic mass is 35.5. The molecule has 1 saturated heterocycles. The average Bonchev–Trinajstić information content (AvgIpc) is 3.25. The van der Waals surface area contributed by atoms with Crippen molar-refractivity contribution in [2.24, 2.45) is 5.41 Å². The Morgan fingerprint density at radius 1 is 1.23 bits per heavy atom. The third kappa shape index (κ3) is 6.09. The molecule has 8 nitrogen and oxygen atoms in total. The number of carbonyl (C=O) groups excluding carboxylic acids is 1. The summed E-state index contributed by atoms with van der Waals surface area (Å²) in [5, 5.41) is 10.3. The number of benzene rings is 2. The molecule has 2 atom stereocenters. The second kappa shape index (κ2) is 12.3. The highest BCUT2D eigenvalue weighted by molar-refractivity contribution is 7.90. The molecule has 2 aliphatic rings. The Kier molecular flexibility index (Phi) is 8.99. The second-order valence-electron chi connectivity index (χ2n) is 12.1. The van der Waals surface area contributed by atoms with Crippen molar-refractivity contribution in [1.29, 1.82) is 5.26 Å². The zero-order valence-electron chi connectivity index (χ0n) is 25.0. The van der Waals surface area contributed by atoms with Crippen LogP contribution in [0.4, 0.5) is 5.82 Å². The molecule has 1 N–H and O–H groups in total. The zero-order chi connectivity index (χ0) is 31.1. The van der Waals surface area contributed by atoms with Crippen LogP contribution >= 0.6 is 23.2 Å². The number of nitrogens with zero attached hydrogens (tertiary/aromatic N) is 4. The molecule has 2 aromatic carbocycles. The van der Waals surface area contributed by atoms with E-state index in [1.165, 1.54) is 5.56 Å². The highest BCUT2D eigenvalue weighted by Gasteiger charge is 2.51. The van der Waals surface area contributed by atoms with E-state index >= 15 is 0 Å². The summed E-state index contributed by atoms with van der Waals surface area (Å²) in [6.45, 7) is 10.9. The predicted octanol–water partition coefficient (Wildman–Crippen LogP) is 6.74. The number of piperidine rings is 1. The van der Waals surface area contributed by atoms with Crippen LogP contribution in [0.15, 0.2) is 36.4 Å². The van der Waals surface area contributed by atoms with Crippen LogP contribution in [0.5, 0.6) is 0 Å².